The largest absolute Gasteiger partial charge is 0.463 e. The molecule has 3 aromatic carbocycles. The summed E-state index contributed by atoms with van der Waals surface area (Å²) < 4.78 is 38.7. The molecule has 2 aromatic heterocycles. The Morgan fingerprint density at radius 1 is 0.571 bits per heavy atom. The highest BCUT2D eigenvalue weighted by Crippen LogP contribution is 2.44. The van der Waals surface area contributed by atoms with Gasteiger partial charge in [-0.05, 0) is 60.4 Å². The Hall–Kier alpha value is -3.40. The molecule has 0 radical (unpaired) electrons. The summed E-state index contributed by atoms with van der Waals surface area (Å²) in [4.78, 5) is 0. The first-order chi connectivity index (χ1) is 13.5. The van der Waals surface area contributed by atoms with Crippen molar-refractivity contribution in [3.05, 3.63) is 83.8 Å². The molecule has 0 unspecified atom stereocenters. The average molecular weight is 374 g/mol. The van der Waals surface area contributed by atoms with Crippen LogP contribution in [0, 0.1) is 25.5 Å². The van der Waals surface area contributed by atoms with Crippen LogP contribution in [0.5, 0.6) is 0 Å². The monoisotopic (exact) mass is 374 g/mol. The second-order valence-corrected chi connectivity index (χ2v) is 6.97. The van der Waals surface area contributed by atoms with Crippen molar-refractivity contribution in [3.8, 4) is 22.3 Å². The third kappa shape index (κ3) is 2.38. The normalized spacial score (nSPS) is 11.6. The number of halogens is 2. The summed E-state index contributed by atoms with van der Waals surface area (Å²) in [5.41, 5.74) is 6.99. The second-order valence-electron chi connectivity index (χ2n) is 6.97. The summed E-state index contributed by atoms with van der Waals surface area (Å²) in [6.45, 7) is 3.99. The van der Waals surface area contributed by atoms with Gasteiger partial charge >= 0.3 is 0 Å². The first-order valence-corrected chi connectivity index (χ1v) is 8.98. The zero-order valence-electron chi connectivity index (χ0n) is 15.3. The fourth-order valence-electron chi connectivity index (χ4n) is 3.79. The molecule has 28 heavy (non-hydrogen) atoms. The van der Waals surface area contributed by atoms with Crippen molar-refractivity contribution in [2.45, 2.75) is 13.8 Å². The number of fused-ring (bicyclic) bond motifs is 3. The SMILES string of the molecule is Cc1c(C)c2occ(-c3ccc(F)cc3)c2c2c(-c3ccc(F)cc3)coc12. The summed E-state index contributed by atoms with van der Waals surface area (Å²) in [5.74, 6) is -0.576. The van der Waals surface area contributed by atoms with Gasteiger partial charge in [0.2, 0.25) is 0 Å². The lowest BCUT2D eigenvalue weighted by Crippen LogP contribution is -1.86. The van der Waals surface area contributed by atoms with E-state index in [0.717, 1.165) is 55.3 Å². The third-order valence-corrected chi connectivity index (χ3v) is 5.39. The van der Waals surface area contributed by atoms with Crippen LogP contribution < -0.4 is 0 Å². The number of hydrogen-bond donors (Lipinski definition) is 0. The topological polar surface area (TPSA) is 26.3 Å². The molecule has 0 spiro atoms. The zero-order valence-corrected chi connectivity index (χ0v) is 15.3. The summed E-state index contributed by atoms with van der Waals surface area (Å²) in [6.07, 6.45) is 3.40. The Morgan fingerprint density at radius 2 is 0.929 bits per heavy atom. The van der Waals surface area contributed by atoms with E-state index in [2.05, 4.69) is 0 Å². The van der Waals surface area contributed by atoms with Crippen LogP contribution in [0.15, 0.2) is 69.9 Å². The predicted octanol–water partition coefficient (Wildman–Crippen LogP) is 7.41. The first-order valence-electron chi connectivity index (χ1n) is 8.98. The van der Waals surface area contributed by atoms with E-state index in [4.69, 9.17) is 8.83 Å². The van der Waals surface area contributed by atoms with Crippen molar-refractivity contribution in [1.82, 2.24) is 0 Å². The number of aryl methyl sites for hydroxylation is 2. The van der Waals surface area contributed by atoms with Crippen molar-refractivity contribution in [3.63, 3.8) is 0 Å². The summed E-state index contributed by atoms with van der Waals surface area (Å²) in [6, 6.07) is 12.7. The van der Waals surface area contributed by atoms with Gasteiger partial charge in [-0.3, -0.25) is 0 Å². The van der Waals surface area contributed by atoms with Crippen LogP contribution in [0.4, 0.5) is 8.78 Å². The summed E-state index contributed by atoms with van der Waals surface area (Å²) in [7, 11) is 0. The van der Waals surface area contributed by atoms with E-state index in [1.54, 1.807) is 36.8 Å². The van der Waals surface area contributed by atoms with Crippen LogP contribution in [0.25, 0.3) is 44.2 Å². The fourth-order valence-corrected chi connectivity index (χ4v) is 3.79. The molecule has 0 saturated carbocycles. The van der Waals surface area contributed by atoms with Crippen LogP contribution in [-0.4, -0.2) is 0 Å². The van der Waals surface area contributed by atoms with Crippen molar-refractivity contribution in [2.75, 3.05) is 0 Å². The minimum atomic E-state index is -0.288. The maximum atomic E-state index is 13.4. The van der Waals surface area contributed by atoms with Crippen molar-refractivity contribution >= 4 is 21.9 Å². The van der Waals surface area contributed by atoms with Crippen LogP contribution in [-0.2, 0) is 0 Å². The zero-order chi connectivity index (χ0) is 19.4. The van der Waals surface area contributed by atoms with Gasteiger partial charge in [-0.1, -0.05) is 24.3 Å². The molecule has 0 bridgehead atoms. The van der Waals surface area contributed by atoms with Gasteiger partial charge in [0.05, 0.1) is 12.5 Å². The molecule has 0 atom stereocenters. The molecule has 5 aromatic rings. The maximum absolute atomic E-state index is 13.4. The van der Waals surface area contributed by atoms with E-state index in [1.165, 1.54) is 24.3 Å². The molecule has 0 amide bonds. The number of hydrogen-bond acceptors (Lipinski definition) is 2. The van der Waals surface area contributed by atoms with Crippen LogP contribution in [0.3, 0.4) is 0 Å². The van der Waals surface area contributed by atoms with Crippen LogP contribution in [0.2, 0.25) is 0 Å². The average Bonchev–Trinajstić information content (AvgIpc) is 3.32. The molecule has 0 fully saturated rings. The minimum Gasteiger partial charge on any atom is -0.463 e. The fraction of sp³-hybridized carbons (Fsp3) is 0.0833. The van der Waals surface area contributed by atoms with Gasteiger partial charge in [0.15, 0.2) is 0 Å². The summed E-state index contributed by atoms with van der Waals surface area (Å²) in [5, 5.41) is 1.83. The molecule has 4 heteroatoms. The van der Waals surface area contributed by atoms with Gasteiger partial charge in [0, 0.05) is 21.9 Å². The van der Waals surface area contributed by atoms with E-state index >= 15 is 0 Å². The van der Waals surface area contributed by atoms with E-state index in [0.29, 0.717) is 0 Å². The molecule has 0 N–H and O–H groups in total. The molecular weight excluding hydrogens is 358 g/mol. The molecule has 0 aliphatic carbocycles. The lowest BCUT2D eigenvalue weighted by molar-refractivity contribution is 0.607. The van der Waals surface area contributed by atoms with E-state index in [-0.39, 0.29) is 11.6 Å². The third-order valence-electron chi connectivity index (χ3n) is 5.39. The highest BCUT2D eigenvalue weighted by Gasteiger charge is 2.22. The van der Waals surface area contributed by atoms with Crippen molar-refractivity contribution in [2.24, 2.45) is 0 Å². The number of rotatable bonds is 2. The Labute approximate surface area is 160 Å². The van der Waals surface area contributed by atoms with Gasteiger partial charge in [0.25, 0.3) is 0 Å². The molecule has 2 nitrogen and oxygen atoms in total. The molecule has 5 rings (SSSR count). The second kappa shape index (κ2) is 6.06. The Morgan fingerprint density at radius 3 is 1.29 bits per heavy atom. The Kier molecular flexibility index (Phi) is 3.63. The Bertz CT molecular complexity index is 1220. The van der Waals surface area contributed by atoms with Gasteiger partial charge < -0.3 is 8.83 Å². The molecule has 2 heterocycles. The standard InChI is InChI=1S/C24H16F2O2/c1-13-14(2)24-22(20(12-28-24)16-5-9-18(26)10-6-16)21-19(11-27-23(13)21)15-3-7-17(25)8-4-15/h3-12H,1-2H3. The lowest BCUT2D eigenvalue weighted by Gasteiger charge is -2.07. The van der Waals surface area contributed by atoms with Crippen molar-refractivity contribution < 1.29 is 17.6 Å². The predicted molar refractivity (Wildman–Crippen MR) is 106 cm³/mol. The maximum Gasteiger partial charge on any atom is 0.138 e. The smallest absolute Gasteiger partial charge is 0.138 e. The van der Waals surface area contributed by atoms with E-state index < -0.39 is 0 Å². The molecule has 0 aliphatic heterocycles. The minimum absolute atomic E-state index is 0.288. The van der Waals surface area contributed by atoms with Gasteiger partial charge in [-0.15, -0.1) is 0 Å². The van der Waals surface area contributed by atoms with Crippen LogP contribution >= 0.6 is 0 Å². The first kappa shape index (κ1) is 16.8. The molecular formula is C24H16F2O2. The molecule has 0 aliphatic rings. The summed E-state index contributed by atoms with van der Waals surface area (Å²) >= 11 is 0. The van der Waals surface area contributed by atoms with E-state index in [1.807, 2.05) is 13.8 Å². The molecule has 138 valence electrons. The Balaban J connectivity index is 1.91. The highest BCUT2D eigenvalue weighted by molar-refractivity contribution is 6.19. The van der Waals surface area contributed by atoms with E-state index in [9.17, 15) is 8.78 Å². The van der Waals surface area contributed by atoms with Gasteiger partial charge in [0.1, 0.15) is 22.8 Å². The molecule has 0 saturated heterocycles. The van der Waals surface area contributed by atoms with Crippen LogP contribution in [0.1, 0.15) is 11.1 Å². The number of benzene rings is 3. The highest BCUT2D eigenvalue weighted by atomic mass is 19.1. The lowest BCUT2D eigenvalue weighted by atomic mass is 9.94. The quantitative estimate of drug-likeness (QED) is 0.322. The number of furan rings is 2. The van der Waals surface area contributed by atoms with Crippen molar-refractivity contribution in [1.29, 1.82) is 0 Å². The van der Waals surface area contributed by atoms with Gasteiger partial charge in [-0.2, -0.15) is 0 Å². The van der Waals surface area contributed by atoms with Gasteiger partial charge in [-0.25, -0.2) is 8.78 Å².